The summed E-state index contributed by atoms with van der Waals surface area (Å²) in [7, 11) is 0. The van der Waals surface area contributed by atoms with E-state index >= 15 is 0 Å². The summed E-state index contributed by atoms with van der Waals surface area (Å²) in [6.07, 6.45) is 10.4. The van der Waals surface area contributed by atoms with E-state index in [0.29, 0.717) is 34.9 Å². The second-order valence-corrected chi connectivity index (χ2v) is 16.4. The fraction of sp³-hybridized carbons (Fsp3) is 0.119. The molecular weight excluding hydrogens is 793 g/mol. The Labute approximate surface area is 381 Å². The Bertz CT molecular complexity index is 3100. The molecule has 0 amide bonds. The largest absolute Gasteiger partial charge is 0.208 e. The number of allylic oxidation sites excluding steroid dienone is 4. The van der Waals surface area contributed by atoms with Gasteiger partial charge in [0, 0.05) is 38.8 Å². The van der Waals surface area contributed by atoms with Gasteiger partial charge in [-0.15, -0.1) is 0 Å². The van der Waals surface area contributed by atoms with Gasteiger partial charge in [-0.1, -0.05) is 220 Å². The molecule has 314 valence electrons. The summed E-state index contributed by atoms with van der Waals surface area (Å²) >= 11 is 0. The van der Waals surface area contributed by atoms with Gasteiger partial charge in [0.15, 0.2) is 34.9 Å². The van der Waals surface area contributed by atoms with E-state index in [9.17, 15) is 0 Å². The van der Waals surface area contributed by atoms with Crippen LogP contribution in [-0.4, -0.2) is 29.9 Å². The average molecular weight is 841 g/mol. The lowest BCUT2D eigenvalue weighted by Crippen LogP contribution is -2.26. The van der Waals surface area contributed by atoms with Crippen LogP contribution in [0.1, 0.15) is 56.5 Å². The van der Waals surface area contributed by atoms with Crippen molar-refractivity contribution in [3.8, 4) is 79.2 Å². The van der Waals surface area contributed by atoms with E-state index in [2.05, 4.69) is 178 Å². The maximum Gasteiger partial charge on any atom is 0.164 e. The summed E-state index contributed by atoms with van der Waals surface area (Å²) in [6.45, 7) is 4.55. The molecule has 0 spiro atoms. The maximum absolute atomic E-state index is 5.08. The fourth-order valence-electron chi connectivity index (χ4n) is 8.89. The molecular formula is C59H48N6. The Morgan fingerprint density at radius 2 is 0.615 bits per heavy atom. The highest BCUT2D eigenvalue weighted by molar-refractivity contribution is 5.75. The molecule has 2 aromatic heterocycles. The van der Waals surface area contributed by atoms with Crippen molar-refractivity contribution in [1.29, 1.82) is 0 Å². The molecule has 0 saturated heterocycles. The monoisotopic (exact) mass is 840 g/mol. The number of nitrogens with zero attached hydrogens (tertiary/aromatic N) is 6. The number of benzene rings is 7. The van der Waals surface area contributed by atoms with Crippen LogP contribution >= 0.6 is 0 Å². The van der Waals surface area contributed by atoms with E-state index in [1.165, 1.54) is 22.3 Å². The predicted molar refractivity (Wildman–Crippen MR) is 265 cm³/mol. The molecule has 65 heavy (non-hydrogen) atoms. The molecule has 0 unspecified atom stereocenters. The van der Waals surface area contributed by atoms with Gasteiger partial charge in [-0.25, -0.2) is 29.9 Å². The highest BCUT2D eigenvalue weighted by atomic mass is 15.0. The van der Waals surface area contributed by atoms with Gasteiger partial charge >= 0.3 is 0 Å². The molecule has 6 nitrogen and oxygen atoms in total. The quantitative estimate of drug-likeness (QED) is 0.122. The van der Waals surface area contributed by atoms with Gasteiger partial charge in [0.05, 0.1) is 0 Å². The van der Waals surface area contributed by atoms with Crippen molar-refractivity contribution in [2.75, 3.05) is 0 Å². The topological polar surface area (TPSA) is 77.3 Å². The van der Waals surface area contributed by atoms with Crippen molar-refractivity contribution in [3.05, 3.63) is 223 Å². The van der Waals surface area contributed by atoms with Gasteiger partial charge in [0.2, 0.25) is 0 Å². The number of rotatable bonds is 12. The van der Waals surface area contributed by atoms with Crippen molar-refractivity contribution >= 4 is 5.57 Å². The Hall–Kier alpha value is -7.96. The number of hydrogen-bond acceptors (Lipinski definition) is 6. The van der Waals surface area contributed by atoms with E-state index in [0.717, 1.165) is 70.2 Å². The third-order valence-electron chi connectivity index (χ3n) is 12.7. The predicted octanol–water partition coefficient (Wildman–Crippen LogP) is 14.6. The smallest absolute Gasteiger partial charge is 0.164 e. The lowest BCUT2D eigenvalue weighted by atomic mass is 9.70. The lowest BCUT2D eigenvalue weighted by Gasteiger charge is -2.33. The van der Waals surface area contributed by atoms with Crippen LogP contribution in [0, 0.1) is 0 Å². The maximum atomic E-state index is 5.08. The van der Waals surface area contributed by atoms with Crippen LogP contribution in [0.2, 0.25) is 0 Å². The Kier molecular flexibility index (Phi) is 11.6. The van der Waals surface area contributed by atoms with Gasteiger partial charge in [0.25, 0.3) is 0 Å². The molecule has 0 bridgehead atoms. The van der Waals surface area contributed by atoms with Gasteiger partial charge in [-0.3, -0.25) is 0 Å². The van der Waals surface area contributed by atoms with E-state index in [-0.39, 0.29) is 5.41 Å². The van der Waals surface area contributed by atoms with Gasteiger partial charge in [-0.05, 0) is 59.1 Å². The molecule has 1 aliphatic rings. The van der Waals surface area contributed by atoms with Crippen LogP contribution in [0.4, 0.5) is 0 Å². The third-order valence-corrected chi connectivity index (χ3v) is 12.7. The van der Waals surface area contributed by atoms with Crippen molar-refractivity contribution in [2.45, 2.75) is 44.9 Å². The summed E-state index contributed by atoms with van der Waals surface area (Å²) in [4.78, 5) is 30.2. The van der Waals surface area contributed by atoms with Crippen molar-refractivity contribution in [2.24, 2.45) is 0 Å². The second-order valence-electron chi connectivity index (χ2n) is 16.4. The SMILES string of the molecule is CCC(CC)(c1ccc(-c2nc(C3=CCCC=C3)nc(-c3ccc(-c4ccccc4)cc3)n2)cc1)c1ccc(-c2nc(-c3ccccc3)nc(-c3ccc(-c4ccccc4)cc3)n2)cc1. The Morgan fingerprint density at radius 3 is 0.954 bits per heavy atom. The molecule has 0 aliphatic heterocycles. The van der Waals surface area contributed by atoms with E-state index < -0.39 is 0 Å². The lowest BCUT2D eigenvalue weighted by molar-refractivity contribution is 0.478. The zero-order valence-corrected chi connectivity index (χ0v) is 36.6. The standard InChI is InChI=1S/C59H48N6/c1-3-59(4-2,51-37-33-49(34-38-51)57-62-53(45-21-13-7-14-22-45)60-55(64-57)47-29-25-43(26-30-47)41-17-9-5-10-18-41)52-39-35-50(36-40-52)58-63-54(46-23-15-8-16-24-46)61-56(65-58)48-31-27-44(28-32-48)42-19-11-6-12-20-42/h5-7,9-15,17-40H,3-4,8,16H2,1-2H3. The first-order valence-corrected chi connectivity index (χ1v) is 22.5. The summed E-state index contributed by atoms with van der Waals surface area (Å²) in [5.41, 5.74) is 12.7. The molecule has 0 N–H and O–H groups in total. The summed E-state index contributed by atoms with van der Waals surface area (Å²) in [6, 6.07) is 65.5. The van der Waals surface area contributed by atoms with Crippen molar-refractivity contribution in [1.82, 2.24) is 29.9 Å². The molecule has 0 fully saturated rings. The molecule has 2 heterocycles. The molecule has 1 aliphatic carbocycles. The van der Waals surface area contributed by atoms with E-state index in [4.69, 9.17) is 29.9 Å². The number of hydrogen-bond donors (Lipinski definition) is 0. The third kappa shape index (κ3) is 8.59. The summed E-state index contributed by atoms with van der Waals surface area (Å²) in [5, 5.41) is 0. The second kappa shape index (κ2) is 18.4. The molecule has 0 atom stereocenters. The van der Waals surface area contributed by atoms with Gasteiger partial charge in [-0.2, -0.15) is 0 Å². The first kappa shape index (κ1) is 41.1. The zero-order chi connectivity index (χ0) is 44.0. The molecule has 9 aromatic rings. The van der Waals surface area contributed by atoms with Crippen molar-refractivity contribution < 1.29 is 0 Å². The minimum Gasteiger partial charge on any atom is -0.208 e. The molecule has 10 rings (SSSR count). The highest BCUT2D eigenvalue weighted by Crippen LogP contribution is 2.40. The van der Waals surface area contributed by atoms with E-state index in [1.54, 1.807) is 0 Å². The van der Waals surface area contributed by atoms with Crippen LogP contribution < -0.4 is 0 Å². The Morgan fingerprint density at radius 1 is 0.323 bits per heavy atom. The van der Waals surface area contributed by atoms with Crippen molar-refractivity contribution in [3.63, 3.8) is 0 Å². The minimum absolute atomic E-state index is 0.218. The first-order valence-electron chi connectivity index (χ1n) is 22.5. The van der Waals surface area contributed by atoms with Crippen LogP contribution in [-0.2, 0) is 5.41 Å². The van der Waals surface area contributed by atoms with Gasteiger partial charge < -0.3 is 0 Å². The number of aromatic nitrogens is 6. The fourth-order valence-corrected chi connectivity index (χ4v) is 8.89. The highest BCUT2D eigenvalue weighted by Gasteiger charge is 2.31. The van der Waals surface area contributed by atoms with Crippen LogP contribution in [0.3, 0.4) is 0 Å². The van der Waals surface area contributed by atoms with Crippen LogP contribution in [0.5, 0.6) is 0 Å². The zero-order valence-electron chi connectivity index (χ0n) is 36.6. The minimum atomic E-state index is -0.218. The molecule has 0 saturated carbocycles. The van der Waals surface area contributed by atoms with Gasteiger partial charge in [0.1, 0.15) is 0 Å². The van der Waals surface area contributed by atoms with Crippen LogP contribution in [0.25, 0.3) is 84.8 Å². The molecule has 6 heteroatoms. The molecule has 0 radical (unpaired) electrons. The molecule has 7 aromatic carbocycles. The first-order chi connectivity index (χ1) is 32.1. The van der Waals surface area contributed by atoms with Crippen LogP contribution in [0.15, 0.2) is 206 Å². The van der Waals surface area contributed by atoms with E-state index in [1.807, 2.05) is 42.5 Å². The normalized spacial score (nSPS) is 12.5. The Balaban J connectivity index is 0.963. The summed E-state index contributed by atoms with van der Waals surface area (Å²) < 4.78 is 0. The summed E-state index contributed by atoms with van der Waals surface area (Å²) in [5.74, 6) is 3.93. The average Bonchev–Trinajstić information content (AvgIpc) is 3.40.